The maximum atomic E-state index is 11.3. The van der Waals surface area contributed by atoms with Crippen molar-refractivity contribution in [1.82, 2.24) is 10.2 Å². The zero-order valence-electron chi connectivity index (χ0n) is 9.28. The van der Waals surface area contributed by atoms with Crippen LogP contribution in [0, 0.1) is 0 Å². The highest BCUT2D eigenvalue weighted by atomic mass is 16.5. The molecule has 0 aliphatic heterocycles. The van der Waals surface area contributed by atoms with E-state index in [9.17, 15) is 9.59 Å². The topological polar surface area (TPSA) is 84.7 Å². The van der Waals surface area contributed by atoms with Crippen LogP contribution >= 0.6 is 0 Å². The summed E-state index contributed by atoms with van der Waals surface area (Å²) >= 11 is 0. The minimum Gasteiger partial charge on any atom is -0.383 e. The second kappa shape index (κ2) is 8.19. The number of hydrogen-bond donors (Lipinski definition) is 2. The molecular formula is C9H19N3O3. The Bertz CT molecular complexity index is 209. The van der Waals surface area contributed by atoms with Gasteiger partial charge in [-0.05, 0) is 6.92 Å². The quantitative estimate of drug-likeness (QED) is 0.521. The molecule has 6 heteroatoms. The summed E-state index contributed by atoms with van der Waals surface area (Å²) in [7, 11) is 1.56. The van der Waals surface area contributed by atoms with Crippen LogP contribution < -0.4 is 11.1 Å². The molecule has 0 unspecified atom stereocenters. The number of amides is 2. The molecule has 0 aliphatic rings. The average Bonchev–Trinajstić information content (AvgIpc) is 2.13. The van der Waals surface area contributed by atoms with Crippen LogP contribution in [0.25, 0.3) is 0 Å². The molecule has 6 nitrogen and oxygen atoms in total. The van der Waals surface area contributed by atoms with Crippen molar-refractivity contribution >= 4 is 11.8 Å². The van der Waals surface area contributed by atoms with Crippen molar-refractivity contribution < 1.29 is 14.3 Å². The summed E-state index contributed by atoms with van der Waals surface area (Å²) in [5.74, 6) is -0.565. The fraction of sp³-hybridized carbons (Fsp3) is 0.778. The van der Waals surface area contributed by atoms with E-state index in [0.717, 1.165) is 0 Å². The number of nitrogens with two attached hydrogens (primary N) is 1. The molecule has 0 aromatic carbocycles. The largest absolute Gasteiger partial charge is 0.383 e. The molecule has 3 N–H and O–H groups in total. The van der Waals surface area contributed by atoms with E-state index in [1.54, 1.807) is 12.0 Å². The third-order valence-corrected chi connectivity index (χ3v) is 1.73. The van der Waals surface area contributed by atoms with E-state index in [1.165, 1.54) is 0 Å². The van der Waals surface area contributed by atoms with Crippen LogP contribution in [0.1, 0.15) is 6.92 Å². The second-order valence-corrected chi connectivity index (χ2v) is 3.12. The Morgan fingerprint density at radius 2 is 2.07 bits per heavy atom. The standard InChI is InChI=1S/C9H19N3O3/c1-3-11-9(14)7-12(4-5-15-2)6-8(10)13/h3-7H2,1-2H3,(H2,10,13)(H,11,14). The van der Waals surface area contributed by atoms with E-state index < -0.39 is 5.91 Å². The minimum absolute atomic E-state index is 0.0699. The van der Waals surface area contributed by atoms with E-state index in [-0.39, 0.29) is 19.0 Å². The third-order valence-electron chi connectivity index (χ3n) is 1.73. The summed E-state index contributed by atoms with van der Waals surface area (Å²) in [6.07, 6.45) is 0. The van der Waals surface area contributed by atoms with Crippen LogP contribution in [0.3, 0.4) is 0 Å². The fourth-order valence-electron chi connectivity index (χ4n) is 1.11. The van der Waals surface area contributed by atoms with Crippen molar-refractivity contribution in [3.8, 4) is 0 Å². The summed E-state index contributed by atoms with van der Waals surface area (Å²) in [5, 5.41) is 2.65. The van der Waals surface area contributed by atoms with Gasteiger partial charge in [0, 0.05) is 20.2 Å². The first kappa shape index (κ1) is 13.9. The Hall–Kier alpha value is -1.14. The predicted molar refractivity (Wildman–Crippen MR) is 56.2 cm³/mol. The Morgan fingerprint density at radius 3 is 2.53 bits per heavy atom. The maximum absolute atomic E-state index is 11.3. The van der Waals surface area contributed by atoms with Crippen molar-refractivity contribution in [3.63, 3.8) is 0 Å². The molecule has 0 rings (SSSR count). The van der Waals surface area contributed by atoms with Gasteiger partial charge in [-0.1, -0.05) is 0 Å². The molecule has 0 heterocycles. The lowest BCUT2D eigenvalue weighted by atomic mass is 10.4. The lowest BCUT2D eigenvalue weighted by molar-refractivity contribution is -0.124. The molecule has 0 fully saturated rings. The Balaban J connectivity index is 3.98. The summed E-state index contributed by atoms with van der Waals surface area (Å²) in [5.41, 5.74) is 5.06. The summed E-state index contributed by atoms with van der Waals surface area (Å²) in [6, 6.07) is 0. The van der Waals surface area contributed by atoms with Gasteiger partial charge >= 0.3 is 0 Å². The molecular weight excluding hydrogens is 198 g/mol. The van der Waals surface area contributed by atoms with Gasteiger partial charge in [0.15, 0.2) is 0 Å². The maximum Gasteiger partial charge on any atom is 0.234 e. The zero-order chi connectivity index (χ0) is 11.7. The zero-order valence-corrected chi connectivity index (χ0v) is 9.28. The molecule has 88 valence electrons. The smallest absolute Gasteiger partial charge is 0.234 e. The van der Waals surface area contributed by atoms with Crippen LogP contribution in [0.4, 0.5) is 0 Å². The normalized spacial score (nSPS) is 10.3. The van der Waals surface area contributed by atoms with Gasteiger partial charge in [0.2, 0.25) is 11.8 Å². The number of ether oxygens (including phenoxy) is 1. The van der Waals surface area contributed by atoms with Gasteiger partial charge in [0.25, 0.3) is 0 Å². The highest BCUT2D eigenvalue weighted by Gasteiger charge is 2.11. The van der Waals surface area contributed by atoms with Crippen LogP contribution in [0.15, 0.2) is 0 Å². The van der Waals surface area contributed by atoms with Gasteiger partial charge in [0.05, 0.1) is 19.7 Å². The highest BCUT2D eigenvalue weighted by Crippen LogP contribution is 1.88. The molecule has 0 saturated carbocycles. The third kappa shape index (κ3) is 7.90. The van der Waals surface area contributed by atoms with Gasteiger partial charge in [-0.15, -0.1) is 0 Å². The van der Waals surface area contributed by atoms with Gasteiger partial charge < -0.3 is 15.8 Å². The summed E-state index contributed by atoms with van der Waals surface area (Å²) < 4.78 is 4.87. The molecule has 0 spiro atoms. The van der Waals surface area contributed by atoms with Crippen LogP contribution in [0.2, 0.25) is 0 Å². The number of methoxy groups -OCH3 is 1. The highest BCUT2D eigenvalue weighted by molar-refractivity contribution is 5.80. The number of carbonyl (C=O) groups excluding carboxylic acids is 2. The number of nitrogens with zero attached hydrogens (tertiary/aromatic N) is 1. The number of likely N-dealkylation sites (N-methyl/N-ethyl adjacent to an activating group) is 1. The first-order valence-corrected chi connectivity index (χ1v) is 4.86. The van der Waals surface area contributed by atoms with E-state index in [2.05, 4.69) is 5.32 Å². The number of rotatable bonds is 8. The molecule has 0 radical (unpaired) electrons. The minimum atomic E-state index is -0.449. The van der Waals surface area contributed by atoms with Crippen LogP contribution in [-0.2, 0) is 14.3 Å². The Morgan fingerprint density at radius 1 is 1.40 bits per heavy atom. The van der Waals surface area contributed by atoms with E-state index >= 15 is 0 Å². The van der Waals surface area contributed by atoms with E-state index in [1.807, 2.05) is 6.92 Å². The summed E-state index contributed by atoms with van der Waals surface area (Å²) in [4.78, 5) is 23.6. The van der Waals surface area contributed by atoms with Crippen molar-refractivity contribution in [2.24, 2.45) is 5.73 Å². The van der Waals surface area contributed by atoms with Crippen molar-refractivity contribution in [2.45, 2.75) is 6.92 Å². The number of carbonyl (C=O) groups is 2. The Labute approximate surface area is 89.7 Å². The number of hydrogen-bond acceptors (Lipinski definition) is 4. The monoisotopic (exact) mass is 217 g/mol. The van der Waals surface area contributed by atoms with Crippen molar-refractivity contribution in [1.29, 1.82) is 0 Å². The molecule has 0 aliphatic carbocycles. The molecule has 0 bridgehead atoms. The molecule has 0 aromatic heterocycles. The molecule has 0 saturated heterocycles. The molecule has 15 heavy (non-hydrogen) atoms. The first-order valence-electron chi connectivity index (χ1n) is 4.86. The van der Waals surface area contributed by atoms with Crippen LogP contribution in [-0.4, -0.2) is 56.6 Å². The van der Waals surface area contributed by atoms with E-state index in [0.29, 0.717) is 19.7 Å². The van der Waals surface area contributed by atoms with E-state index in [4.69, 9.17) is 10.5 Å². The lowest BCUT2D eigenvalue weighted by Crippen LogP contribution is -2.42. The van der Waals surface area contributed by atoms with Gasteiger partial charge in [-0.25, -0.2) is 0 Å². The van der Waals surface area contributed by atoms with Gasteiger partial charge in [0.1, 0.15) is 0 Å². The number of primary amides is 1. The summed E-state index contributed by atoms with van der Waals surface area (Å²) in [6.45, 7) is 3.63. The lowest BCUT2D eigenvalue weighted by Gasteiger charge is -2.19. The van der Waals surface area contributed by atoms with Crippen LogP contribution in [0.5, 0.6) is 0 Å². The SMILES string of the molecule is CCNC(=O)CN(CCOC)CC(N)=O. The van der Waals surface area contributed by atoms with Gasteiger partial charge in [-0.3, -0.25) is 14.5 Å². The predicted octanol–water partition coefficient (Wildman–Crippen LogP) is -1.44. The van der Waals surface area contributed by atoms with Gasteiger partial charge in [-0.2, -0.15) is 0 Å². The Kier molecular flexibility index (Phi) is 7.57. The van der Waals surface area contributed by atoms with Crippen molar-refractivity contribution in [2.75, 3.05) is 39.9 Å². The second-order valence-electron chi connectivity index (χ2n) is 3.12. The average molecular weight is 217 g/mol. The number of nitrogens with one attached hydrogen (secondary N) is 1. The molecule has 0 aromatic rings. The fourth-order valence-corrected chi connectivity index (χ4v) is 1.11. The molecule has 0 atom stereocenters. The molecule has 2 amide bonds. The van der Waals surface area contributed by atoms with Crippen molar-refractivity contribution in [3.05, 3.63) is 0 Å². The first-order chi connectivity index (χ1) is 7.10.